The van der Waals surface area contributed by atoms with Gasteiger partial charge in [-0.1, -0.05) is 18.2 Å². The molecule has 0 unspecified atom stereocenters. The van der Waals surface area contributed by atoms with E-state index in [9.17, 15) is 9.59 Å². The van der Waals surface area contributed by atoms with Crippen molar-refractivity contribution in [2.45, 2.75) is 12.8 Å². The van der Waals surface area contributed by atoms with Gasteiger partial charge in [0.25, 0.3) is 5.91 Å². The van der Waals surface area contributed by atoms with Crippen LogP contribution in [0.15, 0.2) is 54.7 Å². The van der Waals surface area contributed by atoms with Gasteiger partial charge in [-0.25, -0.2) is 4.68 Å². The summed E-state index contributed by atoms with van der Waals surface area (Å²) in [6.45, 7) is 1.79. The monoisotopic (exact) mass is 405 g/mol. The predicted octanol–water partition coefficient (Wildman–Crippen LogP) is 2.83. The van der Waals surface area contributed by atoms with E-state index in [-0.39, 0.29) is 5.69 Å². The molecular formula is C22H23N5O3. The van der Waals surface area contributed by atoms with Crippen molar-refractivity contribution in [2.75, 3.05) is 30.4 Å². The maximum Gasteiger partial charge on any atom is 0.280 e. The number of nitrogens with zero attached hydrogens (tertiary/aromatic N) is 3. The van der Waals surface area contributed by atoms with Crippen molar-refractivity contribution in [1.29, 1.82) is 0 Å². The van der Waals surface area contributed by atoms with Gasteiger partial charge < -0.3 is 20.7 Å². The smallest absolute Gasteiger partial charge is 0.280 e. The van der Waals surface area contributed by atoms with Crippen molar-refractivity contribution >= 4 is 23.2 Å². The molecule has 2 amide bonds. The second-order valence-electron chi connectivity index (χ2n) is 7.07. The number of nitrogens with one attached hydrogen (secondary N) is 1. The van der Waals surface area contributed by atoms with E-state index in [4.69, 9.17) is 10.5 Å². The van der Waals surface area contributed by atoms with Crippen molar-refractivity contribution in [1.82, 2.24) is 9.78 Å². The molecule has 4 rings (SSSR count). The fraction of sp³-hybridized carbons (Fsp3) is 0.227. The number of anilines is 2. The highest BCUT2D eigenvalue weighted by atomic mass is 16.5. The van der Waals surface area contributed by atoms with Gasteiger partial charge in [-0.2, -0.15) is 5.10 Å². The zero-order valence-corrected chi connectivity index (χ0v) is 16.7. The normalized spacial score (nSPS) is 13.3. The minimum atomic E-state index is -0.551. The molecule has 0 bridgehead atoms. The number of ether oxygens (including phenoxy) is 1. The van der Waals surface area contributed by atoms with Gasteiger partial charge in [-0.15, -0.1) is 0 Å². The minimum absolute atomic E-state index is 0.151. The fourth-order valence-electron chi connectivity index (χ4n) is 3.58. The molecule has 3 aromatic rings. The summed E-state index contributed by atoms with van der Waals surface area (Å²) in [7, 11) is 1.49. The lowest BCUT2D eigenvalue weighted by molar-refractivity contribution is 0.0994. The van der Waals surface area contributed by atoms with Crippen molar-refractivity contribution in [3.63, 3.8) is 0 Å². The van der Waals surface area contributed by atoms with Crippen LogP contribution in [-0.2, 0) is 0 Å². The first kappa shape index (κ1) is 19.5. The first-order valence-corrected chi connectivity index (χ1v) is 9.76. The van der Waals surface area contributed by atoms with Gasteiger partial charge in [-0.3, -0.25) is 9.59 Å². The van der Waals surface area contributed by atoms with Crippen LogP contribution in [0, 0.1) is 0 Å². The van der Waals surface area contributed by atoms with Crippen LogP contribution < -0.4 is 20.7 Å². The number of carbonyl (C=O) groups is 2. The van der Waals surface area contributed by atoms with E-state index in [1.807, 2.05) is 36.4 Å². The van der Waals surface area contributed by atoms with E-state index in [0.717, 1.165) is 37.3 Å². The summed E-state index contributed by atoms with van der Waals surface area (Å²) < 4.78 is 6.96. The summed E-state index contributed by atoms with van der Waals surface area (Å²) in [5.74, 6) is -0.627. The zero-order valence-electron chi connectivity index (χ0n) is 16.7. The molecule has 30 heavy (non-hydrogen) atoms. The number of rotatable bonds is 6. The maximum absolute atomic E-state index is 13.1. The van der Waals surface area contributed by atoms with E-state index in [1.54, 1.807) is 23.0 Å². The lowest BCUT2D eigenvalue weighted by Crippen LogP contribution is -2.22. The van der Waals surface area contributed by atoms with Gasteiger partial charge in [0.1, 0.15) is 0 Å². The molecule has 0 radical (unpaired) electrons. The topological polar surface area (TPSA) is 102 Å². The van der Waals surface area contributed by atoms with E-state index in [2.05, 4.69) is 15.3 Å². The molecule has 3 N–H and O–H groups in total. The second-order valence-corrected chi connectivity index (χ2v) is 7.07. The molecule has 0 saturated carbocycles. The molecule has 0 spiro atoms. The van der Waals surface area contributed by atoms with Crippen LogP contribution in [0.4, 0.5) is 11.4 Å². The first-order valence-electron chi connectivity index (χ1n) is 9.76. The van der Waals surface area contributed by atoms with Crippen LogP contribution in [0.25, 0.3) is 5.69 Å². The van der Waals surface area contributed by atoms with Crippen molar-refractivity contribution < 1.29 is 14.3 Å². The summed E-state index contributed by atoms with van der Waals surface area (Å²) in [6.07, 6.45) is 3.83. The average molecular weight is 405 g/mol. The highest BCUT2D eigenvalue weighted by Gasteiger charge is 2.22. The van der Waals surface area contributed by atoms with Crippen LogP contribution in [0.2, 0.25) is 0 Å². The van der Waals surface area contributed by atoms with Gasteiger partial charge in [0.15, 0.2) is 11.4 Å². The third kappa shape index (κ3) is 3.84. The molecule has 2 heterocycles. The average Bonchev–Trinajstić information content (AvgIpc) is 3.44. The molecular weight excluding hydrogens is 382 g/mol. The molecule has 1 aromatic heterocycles. The molecule has 8 heteroatoms. The fourth-order valence-corrected chi connectivity index (χ4v) is 3.58. The maximum atomic E-state index is 13.1. The lowest BCUT2D eigenvalue weighted by Gasteiger charge is -2.22. The van der Waals surface area contributed by atoms with E-state index in [0.29, 0.717) is 17.0 Å². The minimum Gasteiger partial charge on any atom is -0.493 e. The van der Waals surface area contributed by atoms with Crippen molar-refractivity contribution in [3.05, 3.63) is 66.0 Å². The van der Waals surface area contributed by atoms with Gasteiger partial charge >= 0.3 is 0 Å². The van der Waals surface area contributed by atoms with Crippen LogP contribution in [0.3, 0.4) is 0 Å². The summed E-state index contributed by atoms with van der Waals surface area (Å²) in [6, 6.07) is 14.6. The summed E-state index contributed by atoms with van der Waals surface area (Å²) in [5.41, 5.74) is 8.11. The number of benzene rings is 2. The Morgan fingerprint density at radius 1 is 1.10 bits per heavy atom. The quantitative estimate of drug-likeness (QED) is 0.657. The molecule has 0 atom stereocenters. The van der Waals surface area contributed by atoms with Gasteiger partial charge in [-0.05, 0) is 43.2 Å². The number of nitrogens with two attached hydrogens (primary N) is 1. The van der Waals surface area contributed by atoms with Gasteiger partial charge in [0.05, 0.1) is 30.4 Å². The third-order valence-corrected chi connectivity index (χ3v) is 5.11. The Labute approximate surface area is 174 Å². The Balaban J connectivity index is 1.67. The highest BCUT2D eigenvalue weighted by molar-refractivity contribution is 6.07. The number of primary amides is 1. The molecule has 1 aliphatic rings. The molecule has 1 saturated heterocycles. The summed E-state index contributed by atoms with van der Waals surface area (Å²) in [4.78, 5) is 26.9. The number of hydrogen-bond acceptors (Lipinski definition) is 5. The number of methoxy groups -OCH3 is 1. The SMILES string of the molecule is COc1cn(-c2ccccc2)nc1C(=O)Nc1cc(C(N)=O)ccc1N1CCCC1. The Hall–Kier alpha value is -3.81. The van der Waals surface area contributed by atoms with Gasteiger partial charge in [0, 0.05) is 18.7 Å². The van der Waals surface area contributed by atoms with Gasteiger partial charge in [0.2, 0.25) is 5.91 Å². The Bertz CT molecular complexity index is 1070. The molecule has 154 valence electrons. The molecule has 0 aliphatic carbocycles. The van der Waals surface area contributed by atoms with Crippen LogP contribution >= 0.6 is 0 Å². The molecule has 1 fully saturated rings. The Morgan fingerprint density at radius 2 is 1.83 bits per heavy atom. The largest absolute Gasteiger partial charge is 0.493 e. The lowest BCUT2D eigenvalue weighted by atomic mass is 10.1. The van der Waals surface area contributed by atoms with Crippen molar-refractivity contribution in [3.8, 4) is 11.4 Å². The van der Waals surface area contributed by atoms with E-state index < -0.39 is 11.8 Å². The number of para-hydroxylation sites is 1. The first-order chi connectivity index (χ1) is 14.6. The zero-order chi connectivity index (χ0) is 21.1. The molecule has 1 aliphatic heterocycles. The summed E-state index contributed by atoms with van der Waals surface area (Å²) in [5, 5.41) is 7.30. The third-order valence-electron chi connectivity index (χ3n) is 5.11. The molecule has 8 nitrogen and oxygen atoms in total. The van der Waals surface area contributed by atoms with Crippen molar-refractivity contribution in [2.24, 2.45) is 5.73 Å². The summed E-state index contributed by atoms with van der Waals surface area (Å²) >= 11 is 0. The predicted molar refractivity (Wildman–Crippen MR) is 114 cm³/mol. The number of amides is 2. The van der Waals surface area contributed by atoms with E-state index >= 15 is 0 Å². The van der Waals surface area contributed by atoms with Crippen LogP contribution in [-0.4, -0.2) is 41.8 Å². The Morgan fingerprint density at radius 3 is 2.50 bits per heavy atom. The van der Waals surface area contributed by atoms with E-state index in [1.165, 1.54) is 7.11 Å². The van der Waals surface area contributed by atoms with Crippen LogP contribution in [0.5, 0.6) is 5.75 Å². The Kier molecular flexibility index (Phi) is 5.38. The number of hydrogen-bond donors (Lipinski definition) is 2. The number of carbonyl (C=O) groups excluding carboxylic acids is 2. The molecule has 2 aromatic carbocycles. The second kappa shape index (κ2) is 8.28. The van der Waals surface area contributed by atoms with Crippen LogP contribution in [0.1, 0.15) is 33.7 Å². The standard InChI is InChI=1S/C22H23N5O3/c1-30-19-14-27(16-7-3-2-4-8-16)25-20(19)22(29)24-17-13-15(21(23)28)9-10-18(17)26-11-5-6-12-26/h2-4,7-10,13-14H,5-6,11-12H2,1H3,(H2,23,28)(H,24,29). The number of aromatic nitrogens is 2. The highest BCUT2D eigenvalue weighted by Crippen LogP contribution is 2.31.